The second-order valence-corrected chi connectivity index (χ2v) is 12.1. The van der Waals surface area contributed by atoms with Gasteiger partial charge in [-0.25, -0.2) is 13.4 Å². The number of carbonyl (C=O) groups is 1. The minimum absolute atomic E-state index is 0.0292. The Bertz CT molecular complexity index is 1290. The Kier molecular flexibility index (Phi) is 7.45. The monoisotopic (exact) mass is 493 g/mol. The summed E-state index contributed by atoms with van der Waals surface area (Å²) in [7, 11) is -3.67. The number of carbonyl (C=O) groups excluding carboxylic acids is 1. The van der Waals surface area contributed by atoms with Crippen molar-refractivity contribution in [3.63, 3.8) is 0 Å². The van der Waals surface area contributed by atoms with E-state index in [4.69, 9.17) is 0 Å². The van der Waals surface area contributed by atoms with E-state index in [0.717, 1.165) is 35.2 Å². The molecule has 7 heteroatoms. The number of rotatable bonds is 10. The number of amides is 1. The third-order valence-corrected chi connectivity index (χ3v) is 8.02. The smallest absolute Gasteiger partial charge is 0.254 e. The summed E-state index contributed by atoms with van der Waals surface area (Å²) in [5.41, 5.74) is 4.23. The van der Waals surface area contributed by atoms with Crippen LogP contribution < -0.4 is 0 Å². The Morgan fingerprint density at radius 3 is 2.40 bits per heavy atom. The normalized spacial score (nSPS) is 13.9. The summed E-state index contributed by atoms with van der Waals surface area (Å²) in [5.74, 6) is 0.608. The largest absolute Gasteiger partial charge is 0.332 e. The van der Waals surface area contributed by atoms with E-state index < -0.39 is 9.84 Å². The molecule has 0 atom stereocenters. The van der Waals surface area contributed by atoms with Crippen molar-refractivity contribution in [2.45, 2.75) is 64.5 Å². The highest BCUT2D eigenvalue weighted by Gasteiger charge is 2.30. The first-order valence-electron chi connectivity index (χ1n) is 12.3. The van der Waals surface area contributed by atoms with Crippen LogP contribution in [-0.2, 0) is 28.7 Å². The van der Waals surface area contributed by atoms with Crippen LogP contribution in [0, 0.1) is 25.7 Å². The van der Waals surface area contributed by atoms with E-state index >= 15 is 0 Å². The van der Waals surface area contributed by atoms with Crippen molar-refractivity contribution in [3.05, 3.63) is 82.7 Å². The molecule has 4 rings (SSSR count). The van der Waals surface area contributed by atoms with Crippen LogP contribution in [0.25, 0.3) is 0 Å². The van der Waals surface area contributed by atoms with E-state index in [1.807, 2.05) is 67.3 Å². The zero-order valence-corrected chi connectivity index (χ0v) is 21.9. The summed E-state index contributed by atoms with van der Waals surface area (Å²) in [6, 6.07) is 15.1. The predicted molar refractivity (Wildman–Crippen MR) is 138 cm³/mol. The van der Waals surface area contributed by atoms with Gasteiger partial charge in [-0.3, -0.25) is 4.79 Å². The van der Waals surface area contributed by atoms with Crippen molar-refractivity contribution in [1.82, 2.24) is 14.5 Å². The molecule has 1 fully saturated rings. The summed E-state index contributed by atoms with van der Waals surface area (Å²) in [5, 5.41) is 0.0820. The van der Waals surface area contributed by atoms with Gasteiger partial charge in [0, 0.05) is 18.7 Å². The van der Waals surface area contributed by atoms with Gasteiger partial charge in [0.25, 0.3) is 5.91 Å². The van der Waals surface area contributed by atoms with E-state index in [9.17, 15) is 13.2 Å². The van der Waals surface area contributed by atoms with Crippen LogP contribution in [0.1, 0.15) is 59.4 Å². The quantitative estimate of drug-likeness (QED) is 0.390. The number of sulfone groups is 1. The van der Waals surface area contributed by atoms with Crippen LogP contribution in [0.15, 0.2) is 59.9 Å². The average Bonchev–Trinajstić information content (AvgIpc) is 3.54. The molecule has 0 bridgehead atoms. The first-order valence-corrected chi connectivity index (χ1v) is 14.0. The molecule has 0 aliphatic heterocycles. The number of benzene rings is 2. The van der Waals surface area contributed by atoms with Gasteiger partial charge in [0.2, 0.25) is 15.0 Å². The lowest BCUT2D eigenvalue weighted by Crippen LogP contribution is -2.33. The molecule has 0 spiro atoms. The fourth-order valence-electron chi connectivity index (χ4n) is 4.27. The molecule has 0 radical (unpaired) electrons. The first-order chi connectivity index (χ1) is 16.6. The molecule has 2 aromatic carbocycles. The van der Waals surface area contributed by atoms with Crippen LogP contribution in [0.3, 0.4) is 0 Å². The molecule has 1 aliphatic rings. The Morgan fingerprint density at radius 1 is 1.09 bits per heavy atom. The molecule has 35 heavy (non-hydrogen) atoms. The lowest BCUT2D eigenvalue weighted by molar-refractivity contribution is 0.0730. The molecule has 1 aliphatic carbocycles. The van der Waals surface area contributed by atoms with Gasteiger partial charge in [-0.1, -0.05) is 55.8 Å². The second kappa shape index (κ2) is 10.4. The van der Waals surface area contributed by atoms with Crippen molar-refractivity contribution in [3.8, 4) is 0 Å². The number of hydrogen-bond acceptors (Lipinski definition) is 4. The maximum atomic E-state index is 13.5. The highest BCUT2D eigenvalue weighted by atomic mass is 32.2. The van der Waals surface area contributed by atoms with Crippen LogP contribution in [0.2, 0.25) is 0 Å². The zero-order chi connectivity index (χ0) is 25.2. The average molecular weight is 494 g/mol. The van der Waals surface area contributed by atoms with Crippen molar-refractivity contribution in [1.29, 1.82) is 0 Å². The minimum Gasteiger partial charge on any atom is -0.332 e. The Hall–Kier alpha value is -2.93. The maximum Gasteiger partial charge on any atom is 0.254 e. The minimum atomic E-state index is -3.67. The van der Waals surface area contributed by atoms with Gasteiger partial charge in [-0.15, -0.1) is 0 Å². The third kappa shape index (κ3) is 6.20. The summed E-state index contributed by atoms with van der Waals surface area (Å²) >= 11 is 0. The lowest BCUT2D eigenvalue weighted by Gasteiger charge is -2.24. The van der Waals surface area contributed by atoms with E-state index in [0.29, 0.717) is 31.1 Å². The highest BCUT2D eigenvalue weighted by Crippen LogP contribution is 2.31. The molecule has 0 saturated heterocycles. The van der Waals surface area contributed by atoms with Crippen molar-refractivity contribution >= 4 is 15.7 Å². The molecule has 1 heterocycles. The van der Waals surface area contributed by atoms with Crippen LogP contribution >= 0.6 is 0 Å². The maximum absolute atomic E-state index is 13.5. The van der Waals surface area contributed by atoms with Gasteiger partial charge in [-0.05, 0) is 61.8 Å². The number of imidazole rings is 1. The summed E-state index contributed by atoms with van der Waals surface area (Å²) in [6.45, 7) is 9.56. The fourth-order valence-corrected chi connectivity index (χ4v) is 5.88. The third-order valence-electron chi connectivity index (χ3n) is 6.45. The molecule has 3 aromatic rings. The van der Waals surface area contributed by atoms with Gasteiger partial charge in [0.05, 0.1) is 24.2 Å². The molecule has 1 aromatic heterocycles. The van der Waals surface area contributed by atoms with Gasteiger partial charge in [0.15, 0.2) is 0 Å². The Morgan fingerprint density at radius 2 is 1.77 bits per heavy atom. The lowest BCUT2D eigenvalue weighted by atomic mass is 10.1. The second-order valence-electron chi connectivity index (χ2n) is 10.2. The van der Waals surface area contributed by atoms with Gasteiger partial charge < -0.3 is 9.47 Å². The molecule has 0 unspecified atom stereocenters. The topological polar surface area (TPSA) is 72.3 Å². The van der Waals surface area contributed by atoms with E-state index in [-0.39, 0.29) is 22.7 Å². The van der Waals surface area contributed by atoms with Gasteiger partial charge >= 0.3 is 0 Å². The molecule has 1 saturated carbocycles. The van der Waals surface area contributed by atoms with Crippen molar-refractivity contribution in [2.75, 3.05) is 6.54 Å². The SMILES string of the molecule is Cc1ccc(C(=O)N(Cc2cnc(S(=O)(=O)Cc3ccccc3C)n2CC(C)C)CC2CC2)cc1. The molecular formula is C28H35N3O3S. The van der Waals surface area contributed by atoms with Crippen molar-refractivity contribution < 1.29 is 13.2 Å². The number of nitrogens with zero attached hydrogens (tertiary/aromatic N) is 3. The van der Waals surface area contributed by atoms with Gasteiger partial charge in [-0.2, -0.15) is 0 Å². The molecule has 0 N–H and O–H groups in total. The van der Waals surface area contributed by atoms with Crippen molar-refractivity contribution in [2.24, 2.45) is 11.8 Å². The summed E-state index contributed by atoms with van der Waals surface area (Å²) in [6.07, 6.45) is 3.88. The van der Waals surface area contributed by atoms with E-state index in [1.165, 1.54) is 0 Å². The predicted octanol–water partition coefficient (Wildman–Crippen LogP) is 5.18. The molecule has 1 amide bonds. The molecular weight excluding hydrogens is 458 g/mol. The summed E-state index contributed by atoms with van der Waals surface area (Å²) < 4.78 is 28.7. The van der Waals surface area contributed by atoms with E-state index in [1.54, 1.807) is 10.8 Å². The number of aromatic nitrogens is 2. The van der Waals surface area contributed by atoms with Gasteiger partial charge in [0.1, 0.15) is 0 Å². The Labute approximate surface area is 208 Å². The zero-order valence-electron chi connectivity index (χ0n) is 21.1. The standard InChI is InChI=1S/C28H35N3O3S/c1-20(2)16-31-26(15-29-28(31)35(33,34)19-25-8-6-5-7-22(25)4)18-30(17-23-11-12-23)27(32)24-13-9-21(3)10-14-24/h5-10,13-15,20,23H,11-12,16-19H2,1-4H3. The van der Waals surface area contributed by atoms with Crippen LogP contribution in [-0.4, -0.2) is 35.3 Å². The summed E-state index contributed by atoms with van der Waals surface area (Å²) in [4.78, 5) is 19.7. The van der Waals surface area contributed by atoms with Crippen LogP contribution in [0.5, 0.6) is 0 Å². The highest BCUT2D eigenvalue weighted by molar-refractivity contribution is 7.90. The number of aryl methyl sites for hydroxylation is 2. The molecule has 186 valence electrons. The first kappa shape index (κ1) is 25.2. The fraction of sp³-hybridized carbons (Fsp3) is 0.429. The van der Waals surface area contributed by atoms with E-state index in [2.05, 4.69) is 18.8 Å². The van der Waals surface area contributed by atoms with Crippen LogP contribution in [0.4, 0.5) is 0 Å². The Balaban J connectivity index is 1.65. The number of hydrogen-bond donors (Lipinski definition) is 0. The molecule has 6 nitrogen and oxygen atoms in total.